The monoisotopic (exact) mass is 352 g/mol. The first-order chi connectivity index (χ1) is 12.6. The molecule has 26 heavy (non-hydrogen) atoms. The van der Waals surface area contributed by atoms with Crippen molar-refractivity contribution < 1.29 is 14.7 Å². The van der Waals surface area contributed by atoms with Crippen LogP contribution in [0, 0.1) is 5.92 Å². The van der Waals surface area contributed by atoms with E-state index in [0.29, 0.717) is 19.6 Å². The largest absolute Gasteiger partial charge is 0.505 e. The number of fused-ring (bicyclic) bond motifs is 4. The maximum absolute atomic E-state index is 12.9. The highest BCUT2D eigenvalue weighted by Crippen LogP contribution is 2.31. The first kappa shape index (κ1) is 16.5. The predicted molar refractivity (Wildman–Crippen MR) is 93.1 cm³/mol. The first-order valence-electron chi connectivity index (χ1n) is 8.77. The van der Waals surface area contributed by atoms with Crippen molar-refractivity contribution in [3.63, 3.8) is 0 Å². The number of amides is 2. The molecule has 7 heteroatoms. The van der Waals surface area contributed by atoms with Crippen LogP contribution in [0.5, 0.6) is 5.75 Å². The van der Waals surface area contributed by atoms with Gasteiger partial charge in [0.15, 0.2) is 5.69 Å². The molecule has 0 unspecified atom stereocenters. The Bertz CT molecular complexity index is 827. The Morgan fingerprint density at radius 1 is 1.12 bits per heavy atom. The van der Waals surface area contributed by atoms with Crippen LogP contribution in [-0.2, 0) is 11.3 Å². The lowest BCUT2D eigenvalue weighted by Gasteiger charge is -2.35. The Morgan fingerprint density at radius 2 is 1.96 bits per heavy atom. The zero-order chi connectivity index (χ0) is 18.1. The van der Waals surface area contributed by atoms with Gasteiger partial charge in [0.2, 0.25) is 5.91 Å². The molecule has 3 saturated heterocycles. The summed E-state index contributed by atoms with van der Waals surface area (Å²) in [6, 6.07) is 8.64. The molecule has 0 radical (unpaired) electrons. The second-order valence-electron chi connectivity index (χ2n) is 6.80. The van der Waals surface area contributed by atoms with Gasteiger partial charge in [-0.05, 0) is 37.1 Å². The molecule has 0 aliphatic carbocycles. The van der Waals surface area contributed by atoms with E-state index >= 15 is 0 Å². The average Bonchev–Trinajstić information content (AvgIpc) is 2.95. The van der Waals surface area contributed by atoms with E-state index in [1.54, 1.807) is 17.2 Å². The Labute approximate surface area is 151 Å². The molecule has 2 aromatic rings. The minimum atomic E-state index is -0.326. The normalized spacial score (nSPS) is 22.4. The molecule has 2 bridgehead atoms. The zero-order valence-corrected chi connectivity index (χ0v) is 14.3. The summed E-state index contributed by atoms with van der Waals surface area (Å²) in [5.41, 5.74) is 0.881. The van der Waals surface area contributed by atoms with Crippen molar-refractivity contribution in [2.75, 3.05) is 13.1 Å². The molecule has 3 fully saturated rings. The maximum Gasteiger partial charge on any atom is 0.276 e. The highest BCUT2D eigenvalue weighted by molar-refractivity contribution is 5.95. The van der Waals surface area contributed by atoms with Crippen LogP contribution in [0.15, 0.2) is 42.7 Å². The van der Waals surface area contributed by atoms with E-state index in [4.69, 9.17) is 0 Å². The van der Waals surface area contributed by atoms with Gasteiger partial charge in [0.1, 0.15) is 5.75 Å². The third-order valence-electron chi connectivity index (χ3n) is 5.13. The van der Waals surface area contributed by atoms with Crippen molar-refractivity contribution in [1.29, 1.82) is 0 Å². The molecule has 5 rings (SSSR count). The second kappa shape index (κ2) is 6.74. The summed E-state index contributed by atoms with van der Waals surface area (Å²) < 4.78 is 0. The van der Waals surface area contributed by atoms with Crippen molar-refractivity contribution in [1.82, 2.24) is 19.8 Å². The lowest BCUT2D eigenvalue weighted by Crippen LogP contribution is -2.47. The molecule has 0 aromatic carbocycles. The van der Waals surface area contributed by atoms with E-state index in [0.717, 1.165) is 18.5 Å². The van der Waals surface area contributed by atoms with Crippen LogP contribution in [0.2, 0.25) is 0 Å². The van der Waals surface area contributed by atoms with Gasteiger partial charge in [0.25, 0.3) is 5.91 Å². The Balaban J connectivity index is 1.57. The third kappa shape index (κ3) is 3.00. The van der Waals surface area contributed by atoms with Gasteiger partial charge in [0, 0.05) is 31.5 Å². The molecular formula is C19H20N4O3. The molecule has 0 saturated carbocycles. The van der Waals surface area contributed by atoms with Crippen LogP contribution in [0.1, 0.15) is 29.0 Å². The summed E-state index contributed by atoms with van der Waals surface area (Å²) in [6.07, 6.45) is 4.84. The van der Waals surface area contributed by atoms with Crippen LogP contribution >= 0.6 is 0 Å². The molecule has 2 amide bonds. The fraction of sp³-hybridized carbons (Fsp3) is 0.368. The standard InChI is InChI=1S/C19H20N4O3/c24-16-5-3-9-21-17(16)19(26)22-10-13-6-7-15(12-22)23(18(13)25)11-14-4-1-2-8-20-14/h1-5,8-9,13,15,24H,6-7,10-12H2/t13-,15+/m1/s1. The molecule has 3 aliphatic heterocycles. The number of hydrogen-bond acceptors (Lipinski definition) is 5. The number of pyridine rings is 2. The summed E-state index contributed by atoms with van der Waals surface area (Å²) in [4.78, 5) is 37.5. The van der Waals surface area contributed by atoms with Crippen molar-refractivity contribution in [2.24, 2.45) is 5.92 Å². The highest BCUT2D eigenvalue weighted by Gasteiger charge is 2.42. The first-order valence-corrected chi connectivity index (χ1v) is 8.77. The molecule has 134 valence electrons. The summed E-state index contributed by atoms with van der Waals surface area (Å²) in [5.74, 6) is -0.599. The molecule has 5 heterocycles. The summed E-state index contributed by atoms with van der Waals surface area (Å²) in [7, 11) is 0. The van der Waals surface area contributed by atoms with Crippen LogP contribution in [0.4, 0.5) is 0 Å². The smallest absolute Gasteiger partial charge is 0.276 e. The minimum absolute atomic E-state index is 0.0394. The predicted octanol–water partition coefficient (Wildman–Crippen LogP) is 1.45. The fourth-order valence-corrected chi connectivity index (χ4v) is 3.79. The molecule has 1 N–H and O–H groups in total. The number of aromatic hydroxyl groups is 1. The van der Waals surface area contributed by atoms with Crippen molar-refractivity contribution in [3.05, 3.63) is 54.1 Å². The van der Waals surface area contributed by atoms with E-state index in [9.17, 15) is 14.7 Å². The molecule has 2 aromatic heterocycles. The van der Waals surface area contributed by atoms with Gasteiger partial charge < -0.3 is 14.9 Å². The molecule has 0 spiro atoms. The number of hydrogen-bond donors (Lipinski definition) is 1. The third-order valence-corrected chi connectivity index (χ3v) is 5.13. The van der Waals surface area contributed by atoms with Crippen LogP contribution in [0.25, 0.3) is 0 Å². The van der Waals surface area contributed by atoms with Crippen molar-refractivity contribution in [2.45, 2.75) is 25.4 Å². The van der Waals surface area contributed by atoms with Gasteiger partial charge in [-0.15, -0.1) is 0 Å². The van der Waals surface area contributed by atoms with E-state index in [-0.39, 0.29) is 35.2 Å². The van der Waals surface area contributed by atoms with E-state index in [1.165, 1.54) is 12.3 Å². The number of piperidine rings is 1. The Morgan fingerprint density at radius 3 is 2.73 bits per heavy atom. The van der Waals surface area contributed by atoms with Crippen LogP contribution < -0.4 is 0 Å². The maximum atomic E-state index is 12.9. The SMILES string of the molecule is O=C(c1ncccc1O)N1C[C@H]2CC[C@@H](C1)N(Cc1ccccn1)C2=O. The van der Waals surface area contributed by atoms with E-state index < -0.39 is 0 Å². The average molecular weight is 352 g/mol. The van der Waals surface area contributed by atoms with E-state index in [1.807, 2.05) is 23.1 Å². The summed E-state index contributed by atoms with van der Waals surface area (Å²) >= 11 is 0. The van der Waals surface area contributed by atoms with Crippen molar-refractivity contribution in [3.8, 4) is 5.75 Å². The quantitative estimate of drug-likeness (QED) is 0.903. The minimum Gasteiger partial charge on any atom is -0.505 e. The Kier molecular flexibility index (Phi) is 4.28. The van der Waals surface area contributed by atoms with Gasteiger partial charge in [-0.2, -0.15) is 0 Å². The fourth-order valence-electron chi connectivity index (χ4n) is 3.79. The van der Waals surface area contributed by atoms with Gasteiger partial charge in [-0.25, -0.2) is 4.98 Å². The summed E-state index contributed by atoms with van der Waals surface area (Å²) in [6.45, 7) is 1.27. The molecule has 7 nitrogen and oxygen atoms in total. The topological polar surface area (TPSA) is 86.6 Å². The highest BCUT2D eigenvalue weighted by atomic mass is 16.3. The van der Waals surface area contributed by atoms with Gasteiger partial charge >= 0.3 is 0 Å². The van der Waals surface area contributed by atoms with Gasteiger partial charge in [0.05, 0.1) is 18.2 Å². The molecule has 3 aliphatic rings. The Hall–Kier alpha value is -2.96. The number of carbonyl (C=O) groups excluding carboxylic acids is 2. The molecule has 2 atom stereocenters. The van der Waals surface area contributed by atoms with Gasteiger partial charge in [-0.1, -0.05) is 6.07 Å². The number of carbonyl (C=O) groups is 2. The van der Waals surface area contributed by atoms with Crippen molar-refractivity contribution >= 4 is 11.8 Å². The number of aromatic nitrogens is 2. The van der Waals surface area contributed by atoms with Crippen LogP contribution in [-0.4, -0.2) is 55.8 Å². The number of nitrogens with zero attached hydrogens (tertiary/aromatic N) is 4. The number of rotatable bonds is 3. The summed E-state index contributed by atoms with van der Waals surface area (Å²) in [5, 5.41) is 9.93. The molecular weight excluding hydrogens is 332 g/mol. The van der Waals surface area contributed by atoms with E-state index in [2.05, 4.69) is 9.97 Å². The van der Waals surface area contributed by atoms with Crippen LogP contribution in [0.3, 0.4) is 0 Å². The lowest BCUT2D eigenvalue weighted by atomic mass is 9.94. The zero-order valence-electron chi connectivity index (χ0n) is 14.3. The van der Waals surface area contributed by atoms with Gasteiger partial charge in [-0.3, -0.25) is 14.6 Å². The lowest BCUT2D eigenvalue weighted by molar-refractivity contribution is -0.140. The second-order valence-corrected chi connectivity index (χ2v) is 6.80.